The van der Waals surface area contributed by atoms with Crippen LogP contribution in [0.25, 0.3) is 0 Å². The van der Waals surface area contributed by atoms with Crippen LogP contribution in [0.2, 0.25) is 0 Å². The Morgan fingerprint density at radius 1 is 1.40 bits per heavy atom. The lowest BCUT2D eigenvalue weighted by Crippen LogP contribution is -2.45. The maximum Gasteiger partial charge on any atom is 0.223 e. The van der Waals surface area contributed by atoms with Gasteiger partial charge >= 0.3 is 0 Å². The van der Waals surface area contributed by atoms with Gasteiger partial charge in [-0.15, -0.1) is 0 Å². The Balaban J connectivity index is 2.45. The molecule has 1 fully saturated rings. The molecule has 0 saturated heterocycles. The van der Waals surface area contributed by atoms with E-state index >= 15 is 0 Å². The van der Waals surface area contributed by atoms with Crippen molar-refractivity contribution in [2.45, 2.75) is 52.0 Å². The summed E-state index contributed by atoms with van der Waals surface area (Å²) in [5.74, 6) is 0.946. The van der Waals surface area contributed by atoms with Crippen molar-refractivity contribution >= 4 is 5.91 Å². The molecular weight excluding hydrogens is 188 g/mol. The summed E-state index contributed by atoms with van der Waals surface area (Å²) in [4.78, 5) is 11.9. The van der Waals surface area contributed by atoms with E-state index in [9.17, 15) is 4.79 Å². The van der Waals surface area contributed by atoms with E-state index in [0.717, 1.165) is 25.8 Å². The van der Waals surface area contributed by atoms with Crippen molar-refractivity contribution in [2.24, 2.45) is 17.6 Å². The van der Waals surface area contributed by atoms with E-state index in [0.29, 0.717) is 5.92 Å². The molecule has 3 heteroatoms. The molecular formula is C12H24N2O. The average Bonchev–Trinajstić information content (AvgIpc) is 2.15. The minimum atomic E-state index is -0.118. The Hall–Kier alpha value is -0.570. The molecule has 3 N–H and O–H groups in total. The minimum absolute atomic E-state index is 0.118. The van der Waals surface area contributed by atoms with E-state index in [-0.39, 0.29) is 17.4 Å². The van der Waals surface area contributed by atoms with Gasteiger partial charge in [-0.2, -0.15) is 0 Å². The molecule has 2 atom stereocenters. The van der Waals surface area contributed by atoms with Gasteiger partial charge in [0.15, 0.2) is 0 Å². The highest BCUT2D eigenvalue weighted by Crippen LogP contribution is 2.28. The number of nitrogens with two attached hydrogens (primary N) is 1. The molecule has 0 aromatic rings. The van der Waals surface area contributed by atoms with Crippen molar-refractivity contribution in [2.75, 3.05) is 6.54 Å². The molecule has 0 aliphatic heterocycles. The number of nitrogens with one attached hydrogen (secondary N) is 1. The summed E-state index contributed by atoms with van der Waals surface area (Å²) < 4.78 is 0. The first-order valence-electron chi connectivity index (χ1n) is 5.94. The fourth-order valence-corrected chi connectivity index (χ4v) is 2.21. The zero-order valence-corrected chi connectivity index (χ0v) is 10.2. The second-order valence-electron chi connectivity index (χ2n) is 5.70. The van der Waals surface area contributed by atoms with Gasteiger partial charge in [0.05, 0.1) is 0 Å². The van der Waals surface area contributed by atoms with E-state index < -0.39 is 0 Å². The Kier molecular flexibility index (Phi) is 4.14. The van der Waals surface area contributed by atoms with Crippen molar-refractivity contribution in [3.05, 3.63) is 0 Å². The van der Waals surface area contributed by atoms with Crippen molar-refractivity contribution in [1.29, 1.82) is 0 Å². The summed E-state index contributed by atoms with van der Waals surface area (Å²) in [6, 6.07) is 0. The number of hydrogen-bond acceptors (Lipinski definition) is 2. The molecule has 0 radical (unpaired) electrons. The lowest BCUT2D eigenvalue weighted by molar-refractivity contribution is -0.127. The normalized spacial score (nSPS) is 27.5. The summed E-state index contributed by atoms with van der Waals surface area (Å²) in [6.07, 6.45) is 4.33. The van der Waals surface area contributed by atoms with Crippen LogP contribution >= 0.6 is 0 Å². The molecule has 0 aromatic carbocycles. The van der Waals surface area contributed by atoms with Gasteiger partial charge in [-0.05, 0) is 52.5 Å². The van der Waals surface area contributed by atoms with Crippen molar-refractivity contribution in [1.82, 2.24) is 5.32 Å². The maximum atomic E-state index is 11.9. The summed E-state index contributed by atoms with van der Waals surface area (Å²) in [5.41, 5.74) is 5.54. The van der Waals surface area contributed by atoms with Crippen molar-refractivity contribution in [3.8, 4) is 0 Å². The first-order chi connectivity index (χ1) is 6.92. The highest BCUT2D eigenvalue weighted by molar-refractivity contribution is 5.79. The third-order valence-electron chi connectivity index (χ3n) is 2.99. The van der Waals surface area contributed by atoms with Gasteiger partial charge in [-0.25, -0.2) is 0 Å². The molecule has 0 spiro atoms. The third-order valence-corrected chi connectivity index (χ3v) is 2.99. The Bertz CT molecular complexity index is 220. The van der Waals surface area contributed by atoms with E-state index in [1.807, 2.05) is 20.8 Å². The molecule has 0 heterocycles. The molecule has 1 rings (SSSR count). The monoisotopic (exact) mass is 212 g/mol. The van der Waals surface area contributed by atoms with Gasteiger partial charge in [0.1, 0.15) is 0 Å². The van der Waals surface area contributed by atoms with Gasteiger partial charge in [0.2, 0.25) is 5.91 Å². The summed E-state index contributed by atoms with van der Waals surface area (Å²) in [6.45, 7) is 6.79. The van der Waals surface area contributed by atoms with Crippen LogP contribution in [0.15, 0.2) is 0 Å². The van der Waals surface area contributed by atoms with Crippen LogP contribution in [0.4, 0.5) is 0 Å². The Morgan fingerprint density at radius 3 is 2.60 bits per heavy atom. The highest BCUT2D eigenvalue weighted by atomic mass is 16.2. The number of carbonyl (C=O) groups is 1. The molecule has 1 aliphatic carbocycles. The molecule has 3 nitrogen and oxygen atoms in total. The summed E-state index contributed by atoms with van der Waals surface area (Å²) in [7, 11) is 0. The molecule has 1 amide bonds. The molecule has 2 unspecified atom stereocenters. The van der Waals surface area contributed by atoms with Crippen LogP contribution in [0.1, 0.15) is 46.5 Å². The molecule has 1 aliphatic rings. The Morgan fingerprint density at radius 2 is 2.07 bits per heavy atom. The van der Waals surface area contributed by atoms with Crippen molar-refractivity contribution in [3.63, 3.8) is 0 Å². The van der Waals surface area contributed by atoms with E-state index in [2.05, 4.69) is 5.32 Å². The first-order valence-corrected chi connectivity index (χ1v) is 5.94. The van der Waals surface area contributed by atoms with Crippen LogP contribution in [-0.4, -0.2) is 18.0 Å². The van der Waals surface area contributed by atoms with Crippen molar-refractivity contribution < 1.29 is 4.79 Å². The highest BCUT2D eigenvalue weighted by Gasteiger charge is 2.28. The van der Waals surface area contributed by atoms with Gasteiger partial charge in [0, 0.05) is 11.5 Å². The molecule has 88 valence electrons. The summed E-state index contributed by atoms with van der Waals surface area (Å²) >= 11 is 0. The van der Waals surface area contributed by atoms with Gasteiger partial charge in [0.25, 0.3) is 0 Å². The smallest absolute Gasteiger partial charge is 0.223 e. The Labute approximate surface area is 92.8 Å². The van der Waals surface area contributed by atoms with E-state index in [4.69, 9.17) is 5.73 Å². The maximum absolute atomic E-state index is 11.9. The second kappa shape index (κ2) is 4.97. The first kappa shape index (κ1) is 12.5. The average molecular weight is 212 g/mol. The van der Waals surface area contributed by atoms with Gasteiger partial charge in [-0.3, -0.25) is 4.79 Å². The van der Waals surface area contributed by atoms with E-state index in [1.165, 1.54) is 6.42 Å². The number of hydrogen-bond donors (Lipinski definition) is 2. The SMILES string of the molecule is CC(C)(C)NC(=O)C1CCCC(CN)C1. The third kappa shape index (κ3) is 4.20. The predicted molar refractivity (Wildman–Crippen MR) is 62.4 cm³/mol. The largest absolute Gasteiger partial charge is 0.351 e. The minimum Gasteiger partial charge on any atom is -0.351 e. The number of rotatable bonds is 2. The lowest BCUT2D eigenvalue weighted by Gasteiger charge is -2.30. The van der Waals surface area contributed by atoms with Crippen LogP contribution in [0.5, 0.6) is 0 Å². The van der Waals surface area contributed by atoms with Crippen LogP contribution in [0, 0.1) is 11.8 Å². The summed E-state index contributed by atoms with van der Waals surface area (Å²) in [5, 5.41) is 3.05. The molecule has 1 saturated carbocycles. The van der Waals surface area contributed by atoms with Gasteiger partial charge < -0.3 is 11.1 Å². The van der Waals surface area contributed by atoms with Crippen LogP contribution in [0.3, 0.4) is 0 Å². The predicted octanol–water partition coefficient (Wildman–Crippen LogP) is 1.67. The van der Waals surface area contributed by atoms with Gasteiger partial charge in [-0.1, -0.05) is 6.42 Å². The van der Waals surface area contributed by atoms with Crippen LogP contribution in [-0.2, 0) is 4.79 Å². The van der Waals surface area contributed by atoms with E-state index in [1.54, 1.807) is 0 Å². The zero-order valence-electron chi connectivity index (χ0n) is 10.2. The fraction of sp³-hybridized carbons (Fsp3) is 0.917. The lowest BCUT2D eigenvalue weighted by atomic mass is 9.80. The fourth-order valence-electron chi connectivity index (χ4n) is 2.21. The number of carbonyl (C=O) groups excluding carboxylic acids is 1. The van der Waals surface area contributed by atoms with Crippen LogP contribution < -0.4 is 11.1 Å². The second-order valence-corrected chi connectivity index (χ2v) is 5.70. The topological polar surface area (TPSA) is 55.1 Å². The quantitative estimate of drug-likeness (QED) is 0.731. The molecule has 0 bridgehead atoms. The standard InChI is InChI=1S/C12H24N2O/c1-12(2,3)14-11(15)10-6-4-5-9(7-10)8-13/h9-10H,4-8,13H2,1-3H3,(H,14,15). The zero-order chi connectivity index (χ0) is 11.5. The number of amides is 1. The molecule has 15 heavy (non-hydrogen) atoms. The molecule has 0 aromatic heterocycles.